The summed E-state index contributed by atoms with van der Waals surface area (Å²) in [7, 11) is 0. The number of amides is 2. The molecule has 1 aromatic rings. The summed E-state index contributed by atoms with van der Waals surface area (Å²) in [5.74, 6) is -0.278. The Labute approximate surface area is 99.4 Å². The molecule has 0 radical (unpaired) electrons. The van der Waals surface area contributed by atoms with Gasteiger partial charge in [0.15, 0.2) is 0 Å². The van der Waals surface area contributed by atoms with E-state index in [0.29, 0.717) is 0 Å². The third-order valence-corrected chi connectivity index (χ3v) is 1.97. The minimum atomic E-state index is -4.47. The number of nitrogens with one attached hydrogen (secondary N) is 2. The average Bonchev–Trinajstić information content (AvgIpc) is 2.20. The van der Waals surface area contributed by atoms with Crippen molar-refractivity contribution in [3.05, 3.63) is 23.2 Å². The van der Waals surface area contributed by atoms with Gasteiger partial charge < -0.3 is 15.7 Å². The Morgan fingerprint density at radius 2 is 2.06 bits per heavy atom. The van der Waals surface area contributed by atoms with Gasteiger partial charge in [-0.3, -0.25) is 0 Å². The number of hydrogen-bond donors (Lipinski definition) is 3. The lowest BCUT2D eigenvalue weighted by Gasteiger charge is -2.10. The number of hydrogen-bond acceptors (Lipinski definition) is 2. The molecule has 0 aliphatic carbocycles. The predicted octanol–water partition coefficient (Wildman–Crippen LogP) is 2.73. The zero-order valence-corrected chi connectivity index (χ0v) is 9.06. The van der Waals surface area contributed by atoms with Crippen molar-refractivity contribution in [2.75, 3.05) is 11.9 Å². The minimum absolute atomic E-state index is 0.0752. The van der Waals surface area contributed by atoms with Crippen molar-refractivity contribution in [2.24, 2.45) is 0 Å². The molecule has 0 saturated carbocycles. The number of benzene rings is 1. The molecule has 3 N–H and O–H groups in total. The monoisotopic (exact) mass is 268 g/mol. The van der Waals surface area contributed by atoms with Gasteiger partial charge in [-0.15, -0.1) is 0 Å². The van der Waals surface area contributed by atoms with Crippen LogP contribution in [-0.2, 0) is 0 Å². The van der Waals surface area contributed by atoms with Gasteiger partial charge in [0.2, 0.25) is 0 Å². The van der Waals surface area contributed by atoms with E-state index in [1.165, 1.54) is 12.1 Å². The van der Waals surface area contributed by atoms with Gasteiger partial charge in [-0.25, -0.2) is 4.79 Å². The second-order valence-electron chi connectivity index (χ2n) is 3.09. The number of phenolic OH excluding ortho intramolecular Hbond substituents is 1. The van der Waals surface area contributed by atoms with Crippen LogP contribution < -0.4 is 10.6 Å². The smallest absolute Gasteiger partial charge is 0.405 e. The first-order chi connectivity index (χ1) is 7.78. The van der Waals surface area contributed by atoms with Crippen LogP contribution in [0.1, 0.15) is 0 Å². The van der Waals surface area contributed by atoms with E-state index in [1.807, 2.05) is 0 Å². The lowest BCUT2D eigenvalue weighted by Crippen LogP contribution is -2.36. The molecule has 0 aromatic heterocycles. The molecule has 0 unspecified atom stereocenters. The van der Waals surface area contributed by atoms with E-state index in [-0.39, 0.29) is 16.5 Å². The lowest BCUT2D eigenvalue weighted by atomic mass is 10.3. The van der Waals surface area contributed by atoms with Gasteiger partial charge in [-0.1, -0.05) is 11.6 Å². The first-order valence-corrected chi connectivity index (χ1v) is 4.76. The maximum Gasteiger partial charge on any atom is 0.405 e. The second-order valence-corrected chi connectivity index (χ2v) is 3.50. The molecule has 0 saturated heterocycles. The fourth-order valence-corrected chi connectivity index (χ4v) is 1.06. The summed E-state index contributed by atoms with van der Waals surface area (Å²) in [4.78, 5) is 11.0. The highest BCUT2D eigenvalue weighted by Crippen LogP contribution is 2.26. The van der Waals surface area contributed by atoms with Crippen molar-refractivity contribution < 1.29 is 23.1 Å². The molecule has 8 heteroatoms. The largest absolute Gasteiger partial charge is 0.506 e. The zero-order valence-electron chi connectivity index (χ0n) is 8.31. The van der Waals surface area contributed by atoms with Crippen molar-refractivity contribution in [3.8, 4) is 5.75 Å². The molecule has 0 heterocycles. The third kappa shape index (κ3) is 4.81. The summed E-state index contributed by atoms with van der Waals surface area (Å²) in [5, 5.41) is 13.0. The standard InChI is InChI=1S/C9H8ClF3N2O2/c10-6-2-1-5(3-7(6)16)15-8(17)14-4-9(11,12)13/h1-3,16H,4H2,(H2,14,15,17). The Morgan fingerprint density at radius 3 is 2.59 bits per heavy atom. The zero-order chi connectivity index (χ0) is 13.1. The Morgan fingerprint density at radius 1 is 1.41 bits per heavy atom. The quantitative estimate of drug-likeness (QED) is 0.772. The number of halogens is 4. The fourth-order valence-electron chi connectivity index (χ4n) is 0.946. The van der Waals surface area contributed by atoms with Crippen LogP contribution in [0.5, 0.6) is 5.75 Å². The Balaban J connectivity index is 2.54. The highest BCUT2D eigenvalue weighted by molar-refractivity contribution is 6.32. The molecule has 0 aliphatic rings. The summed E-state index contributed by atoms with van der Waals surface area (Å²) in [6.45, 7) is -1.43. The molecule has 0 spiro atoms. The van der Waals surface area contributed by atoms with Gasteiger partial charge in [0.25, 0.3) is 0 Å². The number of anilines is 1. The molecule has 94 valence electrons. The van der Waals surface area contributed by atoms with Gasteiger partial charge in [-0.05, 0) is 12.1 Å². The van der Waals surface area contributed by atoms with Gasteiger partial charge in [0, 0.05) is 11.8 Å². The second kappa shape index (κ2) is 5.13. The first-order valence-electron chi connectivity index (χ1n) is 4.38. The van der Waals surface area contributed by atoms with Crippen molar-refractivity contribution in [2.45, 2.75) is 6.18 Å². The number of carbonyl (C=O) groups excluding carboxylic acids is 1. The van der Waals surface area contributed by atoms with Crippen molar-refractivity contribution in [3.63, 3.8) is 0 Å². The molecular weight excluding hydrogens is 261 g/mol. The molecule has 0 bridgehead atoms. The van der Waals surface area contributed by atoms with Crippen LogP contribution in [0, 0.1) is 0 Å². The number of alkyl halides is 3. The number of aromatic hydroxyl groups is 1. The van der Waals surface area contributed by atoms with E-state index in [9.17, 15) is 23.1 Å². The first kappa shape index (κ1) is 13.4. The predicted molar refractivity (Wildman–Crippen MR) is 56.2 cm³/mol. The molecule has 1 rings (SSSR count). The SMILES string of the molecule is O=C(NCC(F)(F)F)Nc1ccc(Cl)c(O)c1. The summed E-state index contributed by atoms with van der Waals surface area (Å²) in [6.07, 6.45) is -4.47. The van der Waals surface area contributed by atoms with Gasteiger partial charge >= 0.3 is 12.2 Å². The topological polar surface area (TPSA) is 61.4 Å². The fraction of sp³-hybridized carbons (Fsp3) is 0.222. The number of urea groups is 1. The molecule has 0 aliphatic heterocycles. The molecule has 17 heavy (non-hydrogen) atoms. The van der Waals surface area contributed by atoms with Gasteiger partial charge in [-0.2, -0.15) is 13.2 Å². The van der Waals surface area contributed by atoms with Crippen molar-refractivity contribution in [1.29, 1.82) is 0 Å². The van der Waals surface area contributed by atoms with Crippen molar-refractivity contribution >= 4 is 23.3 Å². The van der Waals surface area contributed by atoms with Crippen LogP contribution >= 0.6 is 11.6 Å². The lowest BCUT2D eigenvalue weighted by molar-refractivity contribution is -0.122. The maximum atomic E-state index is 11.8. The number of carbonyl (C=O) groups is 1. The van der Waals surface area contributed by atoms with Gasteiger partial charge in [0.05, 0.1) is 5.02 Å². The number of rotatable bonds is 2. The Bertz CT molecular complexity index is 423. The van der Waals surface area contributed by atoms with Crippen LogP contribution in [0.4, 0.5) is 23.7 Å². The van der Waals surface area contributed by atoms with Crippen LogP contribution in [0.25, 0.3) is 0 Å². The summed E-state index contributed by atoms with van der Waals surface area (Å²) >= 11 is 5.51. The summed E-state index contributed by atoms with van der Waals surface area (Å²) < 4.78 is 35.3. The van der Waals surface area contributed by atoms with Crippen LogP contribution in [-0.4, -0.2) is 23.9 Å². The molecule has 0 atom stereocenters. The van der Waals surface area contributed by atoms with E-state index in [2.05, 4.69) is 5.32 Å². The third-order valence-electron chi connectivity index (χ3n) is 1.65. The Kier molecular flexibility index (Phi) is 4.06. The minimum Gasteiger partial charge on any atom is -0.506 e. The van der Waals surface area contributed by atoms with E-state index < -0.39 is 18.8 Å². The number of phenols is 1. The van der Waals surface area contributed by atoms with E-state index in [1.54, 1.807) is 5.32 Å². The highest BCUT2D eigenvalue weighted by Gasteiger charge is 2.27. The molecule has 0 fully saturated rings. The van der Waals surface area contributed by atoms with E-state index in [4.69, 9.17) is 11.6 Å². The molecule has 2 amide bonds. The molecule has 4 nitrogen and oxygen atoms in total. The van der Waals surface area contributed by atoms with Crippen molar-refractivity contribution in [1.82, 2.24) is 5.32 Å². The Hall–Kier alpha value is -1.63. The summed E-state index contributed by atoms with van der Waals surface area (Å²) in [6, 6.07) is 2.74. The summed E-state index contributed by atoms with van der Waals surface area (Å²) in [5.41, 5.74) is 0.131. The highest BCUT2D eigenvalue weighted by atomic mass is 35.5. The molecular formula is C9H8ClF3N2O2. The van der Waals surface area contributed by atoms with Crippen LogP contribution in [0.2, 0.25) is 5.02 Å². The van der Waals surface area contributed by atoms with Gasteiger partial charge in [0.1, 0.15) is 12.3 Å². The normalized spacial score (nSPS) is 11.1. The van der Waals surface area contributed by atoms with E-state index >= 15 is 0 Å². The maximum absolute atomic E-state index is 11.8. The van der Waals surface area contributed by atoms with Crippen LogP contribution in [0.15, 0.2) is 18.2 Å². The average molecular weight is 269 g/mol. The van der Waals surface area contributed by atoms with E-state index in [0.717, 1.165) is 6.07 Å². The molecule has 1 aromatic carbocycles. The van der Waals surface area contributed by atoms with Crippen LogP contribution in [0.3, 0.4) is 0 Å².